The van der Waals surface area contributed by atoms with Gasteiger partial charge in [0.25, 0.3) is 0 Å². The molecule has 8 heteroatoms. The Labute approximate surface area is 139 Å². The number of hydrogen-bond acceptors (Lipinski definition) is 7. The molecule has 0 amide bonds. The van der Waals surface area contributed by atoms with Crippen LogP contribution in [0.4, 0.5) is 11.6 Å². The lowest BCUT2D eigenvalue weighted by Crippen LogP contribution is -2.04. The first-order valence-corrected chi connectivity index (χ1v) is 7.83. The molecule has 8 nitrogen and oxygen atoms in total. The highest BCUT2D eigenvalue weighted by atomic mass is 16.5. The Hall–Kier alpha value is -2.74. The van der Waals surface area contributed by atoms with Crippen molar-refractivity contribution >= 4 is 22.7 Å². The van der Waals surface area contributed by atoms with Gasteiger partial charge in [-0.2, -0.15) is 4.98 Å². The number of imidazole rings is 1. The van der Waals surface area contributed by atoms with Gasteiger partial charge in [0.15, 0.2) is 0 Å². The lowest BCUT2D eigenvalue weighted by Gasteiger charge is -2.10. The van der Waals surface area contributed by atoms with Crippen LogP contribution in [0, 0.1) is 0 Å². The van der Waals surface area contributed by atoms with Gasteiger partial charge in [-0.15, -0.1) is 0 Å². The minimum atomic E-state index is 0.0748. The van der Waals surface area contributed by atoms with Crippen LogP contribution < -0.4 is 10.1 Å². The average molecular weight is 328 g/mol. The number of aliphatic hydroxyl groups is 1. The smallest absolute Gasteiger partial charge is 0.318 e. The summed E-state index contributed by atoms with van der Waals surface area (Å²) in [6.45, 7) is 4.66. The maximum atomic E-state index is 8.78. The van der Waals surface area contributed by atoms with Crippen molar-refractivity contribution in [3.8, 4) is 6.01 Å². The van der Waals surface area contributed by atoms with Crippen molar-refractivity contribution in [3.63, 3.8) is 0 Å². The molecule has 0 radical (unpaired) electrons. The molecule has 0 aliphatic heterocycles. The molecule has 0 saturated carbocycles. The largest absolute Gasteiger partial charge is 0.463 e. The molecule has 0 aliphatic rings. The van der Waals surface area contributed by atoms with Gasteiger partial charge in [-0.25, -0.2) is 15.0 Å². The number of aromatic nitrogens is 5. The van der Waals surface area contributed by atoms with Crippen molar-refractivity contribution in [3.05, 3.63) is 30.9 Å². The summed E-state index contributed by atoms with van der Waals surface area (Å²) < 4.78 is 7.47. The molecule has 126 valence electrons. The highest BCUT2D eigenvalue weighted by Crippen LogP contribution is 2.21. The van der Waals surface area contributed by atoms with Crippen molar-refractivity contribution < 1.29 is 9.84 Å². The summed E-state index contributed by atoms with van der Waals surface area (Å²) >= 11 is 0. The molecule has 3 rings (SSSR count). The minimum Gasteiger partial charge on any atom is -0.463 e. The molecule has 3 aromatic rings. The molecule has 0 aliphatic carbocycles. The second-order valence-corrected chi connectivity index (χ2v) is 5.58. The second kappa shape index (κ2) is 7.22. The van der Waals surface area contributed by atoms with Gasteiger partial charge in [-0.1, -0.05) is 0 Å². The van der Waals surface area contributed by atoms with E-state index in [2.05, 4.69) is 43.7 Å². The Morgan fingerprint density at radius 1 is 1.25 bits per heavy atom. The summed E-state index contributed by atoms with van der Waals surface area (Å²) in [6, 6.07) is 4.26. The van der Waals surface area contributed by atoms with Crippen LogP contribution in [0.25, 0.3) is 11.0 Å². The van der Waals surface area contributed by atoms with E-state index in [1.165, 1.54) is 0 Å². The van der Waals surface area contributed by atoms with Crippen molar-refractivity contribution in [2.75, 3.05) is 18.5 Å². The van der Waals surface area contributed by atoms with Gasteiger partial charge >= 0.3 is 6.01 Å². The summed E-state index contributed by atoms with van der Waals surface area (Å²) in [4.78, 5) is 17.0. The molecular formula is C16H20N6O2. The van der Waals surface area contributed by atoms with Crippen LogP contribution in [0.15, 0.2) is 30.9 Å². The standard InChI is InChI=1S/C16H20N6O2/c1-11(2)22-10-19-12-9-18-15(8-13(12)22)20-14-4-5-17-16(21-14)24-7-3-6-23/h4-5,8-11,23H,3,6-7H2,1-2H3,(H,17,18,20,21). The van der Waals surface area contributed by atoms with Crippen LogP contribution in [0.1, 0.15) is 26.3 Å². The highest BCUT2D eigenvalue weighted by Gasteiger charge is 2.08. The number of nitrogens with one attached hydrogen (secondary N) is 1. The number of aliphatic hydroxyl groups excluding tert-OH is 1. The van der Waals surface area contributed by atoms with Crippen LogP contribution >= 0.6 is 0 Å². The predicted molar refractivity (Wildman–Crippen MR) is 90.4 cm³/mol. The molecule has 3 aromatic heterocycles. The zero-order valence-corrected chi connectivity index (χ0v) is 13.7. The van der Waals surface area contributed by atoms with Crippen molar-refractivity contribution in [1.82, 2.24) is 24.5 Å². The molecule has 0 atom stereocenters. The number of anilines is 2. The molecular weight excluding hydrogens is 308 g/mol. The van der Waals surface area contributed by atoms with E-state index in [9.17, 15) is 0 Å². The molecule has 0 spiro atoms. The molecule has 2 N–H and O–H groups in total. The summed E-state index contributed by atoms with van der Waals surface area (Å²) in [5, 5.41) is 11.9. The quantitative estimate of drug-likeness (QED) is 0.642. The molecule has 0 fully saturated rings. The number of fused-ring (bicyclic) bond motifs is 1. The summed E-state index contributed by atoms with van der Waals surface area (Å²) in [6.07, 6.45) is 5.70. The first kappa shape index (κ1) is 16.1. The zero-order valence-electron chi connectivity index (χ0n) is 13.7. The van der Waals surface area contributed by atoms with Crippen molar-refractivity contribution in [1.29, 1.82) is 0 Å². The fourth-order valence-corrected chi connectivity index (χ4v) is 2.25. The van der Waals surface area contributed by atoms with E-state index >= 15 is 0 Å². The van der Waals surface area contributed by atoms with E-state index in [0.29, 0.717) is 30.7 Å². The molecule has 24 heavy (non-hydrogen) atoms. The van der Waals surface area contributed by atoms with Crippen LogP contribution in [0.5, 0.6) is 6.01 Å². The number of rotatable bonds is 7. The fraction of sp³-hybridized carbons (Fsp3) is 0.375. The third-order valence-electron chi connectivity index (χ3n) is 3.44. The summed E-state index contributed by atoms with van der Waals surface area (Å²) in [5.74, 6) is 1.26. The molecule has 0 saturated heterocycles. The van der Waals surface area contributed by atoms with Crippen molar-refractivity contribution in [2.24, 2.45) is 0 Å². The maximum Gasteiger partial charge on any atom is 0.318 e. The van der Waals surface area contributed by atoms with E-state index in [-0.39, 0.29) is 12.6 Å². The molecule has 3 heterocycles. The normalized spacial score (nSPS) is 11.2. The van der Waals surface area contributed by atoms with Gasteiger partial charge in [0.2, 0.25) is 0 Å². The lowest BCUT2D eigenvalue weighted by molar-refractivity contribution is 0.224. The highest BCUT2D eigenvalue weighted by molar-refractivity contribution is 5.78. The minimum absolute atomic E-state index is 0.0748. The number of nitrogens with zero attached hydrogens (tertiary/aromatic N) is 5. The molecule has 0 unspecified atom stereocenters. The SMILES string of the molecule is CC(C)n1cnc2cnc(Nc3ccnc(OCCCO)n3)cc21. The number of pyridine rings is 1. The van der Waals surface area contributed by atoms with Crippen LogP contribution in [0.2, 0.25) is 0 Å². The summed E-state index contributed by atoms with van der Waals surface area (Å²) in [7, 11) is 0. The van der Waals surface area contributed by atoms with Crippen LogP contribution in [0.3, 0.4) is 0 Å². The van der Waals surface area contributed by atoms with Gasteiger partial charge in [-0.3, -0.25) is 0 Å². The van der Waals surface area contributed by atoms with E-state index in [4.69, 9.17) is 9.84 Å². The van der Waals surface area contributed by atoms with E-state index in [0.717, 1.165) is 11.0 Å². The van der Waals surface area contributed by atoms with E-state index < -0.39 is 0 Å². The van der Waals surface area contributed by atoms with Gasteiger partial charge in [0, 0.05) is 31.3 Å². The van der Waals surface area contributed by atoms with Crippen molar-refractivity contribution in [2.45, 2.75) is 26.3 Å². The first-order valence-electron chi connectivity index (χ1n) is 7.83. The average Bonchev–Trinajstić information content (AvgIpc) is 2.99. The monoisotopic (exact) mass is 328 g/mol. The van der Waals surface area contributed by atoms with Gasteiger partial charge in [0.1, 0.15) is 17.2 Å². The van der Waals surface area contributed by atoms with E-state index in [1.54, 1.807) is 18.5 Å². The van der Waals surface area contributed by atoms with Crippen LogP contribution in [-0.2, 0) is 0 Å². The fourth-order valence-electron chi connectivity index (χ4n) is 2.25. The van der Waals surface area contributed by atoms with Crippen LogP contribution in [-0.4, -0.2) is 42.8 Å². The Balaban J connectivity index is 1.79. The molecule has 0 aromatic carbocycles. The summed E-state index contributed by atoms with van der Waals surface area (Å²) in [5.41, 5.74) is 1.86. The van der Waals surface area contributed by atoms with E-state index in [1.807, 2.05) is 12.4 Å². The Kier molecular flexibility index (Phi) is 4.85. The second-order valence-electron chi connectivity index (χ2n) is 5.58. The zero-order chi connectivity index (χ0) is 16.9. The van der Waals surface area contributed by atoms with Gasteiger partial charge in [0.05, 0.1) is 24.6 Å². The Morgan fingerprint density at radius 3 is 2.92 bits per heavy atom. The maximum absolute atomic E-state index is 8.78. The Morgan fingerprint density at radius 2 is 2.12 bits per heavy atom. The molecule has 0 bridgehead atoms. The van der Waals surface area contributed by atoms with Gasteiger partial charge < -0.3 is 19.7 Å². The Bertz CT molecular complexity index is 817. The van der Waals surface area contributed by atoms with Gasteiger partial charge in [-0.05, 0) is 19.9 Å². The third kappa shape index (κ3) is 3.60. The topological polar surface area (TPSA) is 98.0 Å². The predicted octanol–water partition coefficient (Wildman–Crippen LogP) is 2.31. The first-order chi connectivity index (χ1) is 11.7. The number of hydrogen-bond donors (Lipinski definition) is 2. The number of ether oxygens (including phenoxy) is 1. The third-order valence-corrected chi connectivity index (χ3v) is 3.44. The lowest BCUT2D eigenvalue weighted by atomic mass is 10.3.